The third kappa shape index (κ3) is 3.91. The number of aromatic nitrogens is 2. The van der Waals surface area contributed by atoms with Crippen LogP contribution in [0.3, 0.4) is 0 Å². The van der Waals surface area contributed by atoms with Crippen LogP contribution in [0.25, 0.3) is 11.3 Å². The van der Waals surface area contributed by atoms with Crippen molar-refractivity contribution in [3.8, 4) is 22.8 Å². The van der Waals surface area contributed by atoms with E-state index in [0.29, 0.717) is 30.4 Å². The van der Waals surface area contributed by atoms with Crippen molar-refractivity contribution in [2.24, 2.45) is 0 Å². The van der Waals surface area contributed by atoms with Crippen molar-refractivity contribution < 1.29 is 17.9 Å². The molecule has 7 nitrogen and oxygen atoms in total. The zero-order valence-corrected chi connectivity index (χ0v) is 15.1. The molecule has 1 aromatic heterocycles. The van der Waals surface area contributed by atoms with Crippen molar-refractivity contribution in [3.63, 3.8) is 0 Å². The molecule has 1 N–H and O–H groups in total. The summed E-state index contributed by atoms with van der Waals surface area (Å²) in [7, 11) is -3.72. The van der Waals surface area contributed by atoms with Gasteiger partial charge in [0.15, 0.2) is 11.5 Å². The molecule has 0 fully saturated rings. The summed E-state index contributed by atoms with van der Waals surface area (Å²) in [5.74, 6) is 0.973. The van der Waals surface area contributed by atoms with Gasteiger partial charge < -0.3 is 9.47 Å². The third-order valence-electron chi connectivity index (χ3n) is 4.06. The zero-order chi connectivity index (χ0) is 18.7. The van der Waals surface area contributed by atoms with Crippen LogP contribution in [0.1, 0.15) is 5.69 Å². The zero-order valence-electron chi connectivity index (χ0n) is 14.3. The van der Waals surface area contributed by atoms with Crippen molar-refractivity contribution in [2.75, 3.05) is 13.2 Å². The lowest BCUT2D eigenvalue weighted by atomic mass is 10.1. The third-order valence-corrected chi connectivity index (χ3v) is 5.46. The van der Waals surface area contributed by atoms with E-state index < -0.39 is 10.0 Å². The fourth-order valence-corrected chi connectivity index (χ4v) is 3.72. The van der Waals surface area contributed by atoms with E-state index in [9.17, 15) is 8.42 Å². The molecule has 2 heterocycles. The summed E-state index contributed by atoms with van der Waals surface area (Å²) in [5, 5.41) is 0. The molecule has 3 aromatic rings. The van der Waals surface area contributed by atoms with Crippen LogP contribution >= 0.6 is 0 Å². The highest BCUT2D eigenvalue weighted by Gasteiger charge is 2.19. The quantitative estimate of drug-likeness (QED) is 0.728. The molecule has 2 aromatic carbocycles. The Morgan fingerprint density at radius 1 is 0.926 bits per heavy atom. The number of nitrogens with one attached hydrogen (secondary N) is 1. The van der Waals surface area contributed by atoms with Gasteiger partial charge in [-0.05, 0) is 18.2 Å². The van der Waals surface area contributed by atoms with Crippen LogP contribution in [0.5, 0.6) is 11.5 Å². The SMILES string of the molecule is O=S(=O)(NCc1cc(-c2ccccc2)ncn1)c1ccc2c(c1)OCCO2. The van der Waals surface area contributed by atoms with E-state index in [0.717, 1.165) is 11.3 Å². The summed E-state index contributed by atoms with van der Waals surface area (Å²) >= 11 is 0. The molecule has 0 bridgehead atoms. The van der Waals surface area contributed by atoms with Crippen LogP contribution < -0.4 is 14.2 Å². The van der Waals surface area contributed by atoms with E-state index in [-0.39, 0.29) is 11.4 Å². The Labute approximate surface area is 157 Å². The van der Waals surface area contributed by atoms with Crippen LogP contribution in [0, 0.1) is 0 Å². The molecular formula is C19H17N3O4S. The van der Waals surface area contributed by atoms with Gasteiger partial charge in [-0.15, -0.1) is 0 Å². The molecule has 1 aliphatic rings. The van der Waals surface area contributed by atoms with E-state index in [1.165, 1.54) is 18.5 Å². The van der Waals surface area contributed by atoms with Crippen molar-refractivity contribution in [1.29, 1.82) is 0 Å². The lowest BCUT2D eigenvalue weighted by Crippen LogP contribution is -2.24. The molecule has 8 heteroatoms. The molecule has 0 unspecified atom stereocenters. The topological polar surface area (TPSA) is 90.4 Å². The smallest absolute Gasteiger partial charge is 0.241 e. The molecule has 0 spiro atoms. The molecule has 0 aliphatic carbocycles. The van der Waals surface area contributed by atoms with Crippen LogP contribution in [0.4, 0.5) is 0 Å². The van der Waals surface area contributed by atoms with E-state index in [1.807, 2.05) is 30.3 Å². The van der Waals surface area contributed by atoms with Crippen molar-refractivity contribution in [1.82, 2.24) is 14.7 Å². The Kier molecular flexibility index (Phi) is 4.74. The minimum Gasteiger partial charge on any atom is -0.486 e. The van der Waals surface area contributed by atoms with Gasteiger partial charge in [0.2, 0.25) is 10.0 Å². The average Bonchev–Trinajstić information content (AvgIpc) is 2.73. The molecule has 0 amide bonds. The molecule has 27 heavy (non-hydrogen) atoms. The van der Waals surface area contributed by atoms with Gasteiger partial charge >= 0.3 is 0 Å². The molecule has 138 valence electrons. The van der Waals surface area contributed by atoms with Gasteiger partial charge in [0.05, 0.1) is 22.8 Å². The van der Waals surface area contributed by atoms with Crippen LogP contribution in [0.15, 0.2) is 65.8 Å². The maximum absolute atomic E-state index is 12.6. The summed E-state index contributed by atoms with van der Waals surface area (Å²) in [6.07, 6.45) is 1.43. The summed E-state index contributed by atoms with van der Waals surface area (Å²) < 4.78 is 38.6. The molecule has 0 saturated carbocycles. The molecule has 0 atom stereocenters. The maximum atomic E-state index is 12.6. The van der Waals surface area contributed by atoms with Crippen molar-refractivity contribution in [3.05, 3.63) is 66.6 Å². The normalized spacial score (nSPS) is 13.3. The van der Waals surface area contributed by atoms with Crippen LogP contribution in [-0.4, -0.2) is 31.6 Å². The first-order chi connectivity index (χ1) is 13.1. The lowest BCUT2D eigenvalue weighted by Gasteiger charge is -2.18. The van der Waals surface area contributed by atoms with Gasteiger partial charge in [-0.3, -0.25) is 0 Å². The lowest BCUT2D eigenvalue weighted by molar-refractivity contribution is 0.171. The first-order valence-electron chi connectivity index (χ1n) is 8.37. The minimum absolute atomic E-state index is 0.0547. The summed E-state index contributed by atoms with van der Waals surface area (Å²) in [6, 6.07) is 16.0. The fourth-order valence-electron chi connectivity index (χ4n) is 2.70. The Balaban J connectivity index is 1.51. The number of nitrogens with zero attached hydrogens (tertiary/aromatic N) is 2. The van der Waals surface area contributed by atoms with E-state index >= 15 is 0 Å². The molecular weight excluding hydrogens is 366 g/mol. The second-order valence-corrected chi connectivity index (χ2v) is 7.66. The molecule has 4 rings (SSSR count). The van der Waals surface area contributed by atoms with Gasteiger partial charge in [0, 0.05) is 11.6 Å². The summed E-state index contributed by atoms with van der Waals surface area (Å²) in [6.45, 7) is 0.904. The van der Waals surface area contributed by atoms with Crippen LogP contribution in [-0.2, 0) is 16.6 Å². The van der Waals surface area contributed by atoms with Gasteiger partial charge in [0.1, 0.15) is 19.5 Å². The monoisotopic (exact) mass is 383 g/mol. The standard InChI is InChI=1S/C19H17N3O4S/c23-27(24,16-6-7-18-19(11-16)26-9-8-25-18)22-12-15-10-17(21-13-20-15)14-4-2-1-3-5-14/h1-7,10-11,13,22H,8-9,12H2. The number of fused-ring (bicyclic) bond motifs is 1. The number of rotatable bonds is 5. The molecule has 1 aliphatic heterocycles. The van der Waals surface area contributed by atoms with Crippen LogP contribution in [0.2, 0.25) is 0 Å². The fraction of sp³-hybridized carbons (Fsp3) is 0.158. The number of ether oxygens (including phenoxy) is 2. The van der Waals surface area contributed by atoms with Gasteiger partial charge in [0.25, 0.3) is 0 Å². The first kappa shape index (κ1) is 17.4. The van der Waals surface area contributed by atoms with E-state index in [1.54, 1.807) is 12.1 Å². The van der Waals surface area contributed by atoms with Gasteiger partial charge in [-0.1, -0.05) is 30.3 Å². The highest BCUT2D eigenvalue weighted by atomic mass is 32.2. The maximum Gasteiger partial charge on any atom is 0.241 e. The minimum atomic E-state index is -3.72. The van der Waals surface area contributed by atoms with Gasteiger partial charge in [-0.25, -0.2) is 23.1 Å². The number of hydrogen-bond acceptors (Lipinski definition) is 6. The second kappa shape index (κ2) is 7.34. The average molecular weight is 383 g/mol. The molecule has 0 saturated heterocycles. The predicted octanol–water partition coefficient (Wildman–Crippen LogP) is 2.39. The second-order valence-electron chi connectivity index (χ2n) is 5.89. The predicted molar refractivity (Wildman–Crippen MR) is 98.9 cm³/mol. The van der Waals surface area contributed by atoms with Crippen molar-refractivity contribution in [2.45, 2.75) is 11.4 Å². The van der Waals surface area contributed by atoms with Crippen molar-refractivity contribution >= 4 is 10.0 Å². The number of sulfonamides is 1. The Hall–Kier alpha value is -2.97. The first-order valence-corrected chi connectivity index (χ1v) is 9.86. The summed E-state index contributed by atoms with van der Waals surface area (Å²) in [4.78, 5) is 8.51. The van der Waals surface area contributed by atoms with E-state index in [4.69, 9.17) is 9.47 Å². The van der Waals surface area contributed by atoms with E-state index in [2.05, 4.69) is 14.7 Å². The number of hydrogen-bond donors (Lipinski definition) is 1. The number of benzene rings is 2. The Morgan fingerprint density at radius 3 is 2.52 bits per heavy atom. The summed E-state index contributed by atoms with van der Waals surface area (Å²) in [5.41, 5.74) is 2.25. The molecule has 0 radical (unpaired) electrons. The Bertz CT molecular complexity index is 1060. The highest BCUT2D eigenvalue weighted by molar-refractivity contribution is 7.89. The van der Waals surface area contributed by atoms with Gasteiger partial charge in [-0.2, -0.15) is 0 Å². The Morgan fingerprint density at radius 2 is 1.70 bits per heavy atom. The highest BCUT2D eigenvalue weighted by Crippen LogP contribution is 2.32. The largest absolute Gasteiger partial charge is 0.486 e.